The molecule has 0 unspecified atom stereocenters. The minimum atomic E-state index is -0.314. The Hall–Kier alpha value is -1.32. The quantitative estimate of drug-likeness (QED) is 0.708. The number of nitrogens with zero attached hydrogens (tertiary/aromatic N) is 2. The Morgan fingerprint density at radius 3 is 2.67 bits per heavy atom. The Labute approximate surface area is 94.9 Å². The fraction of sp³-hybridized carbons (Fsp3) is 0. The number of allylic oxidation sites excluding steroid dienone is 1. The zero-order chi connectivity index (χ0) is 10.6. The van der Waals surface area contributed by atoms with Crippen LogP contribution in [0.4, 0.5) is 0 Å². The highest BCUT2D eigenvalue weighted by Crippen LogP contribution is 2.35. The van der Waals surface area contributed by atoms with Crippen molar-refractivity contribution in [1.29, 1.82) is 0 Å². The maximum absolute atomic E-state index is 11.7. The molecule has 0 amide bonds. The van der Waals surface area contributed by atoms with Crippen LogP contribution in [-0.4, -0.2) is 15.5 Å². The van der Waals surface area contributed by atoms with Crippen molar-refractivity contribution in [3.8, 4) is 0 Å². The van der Waals surface area contributed by atoms with Gasteiger partial charge in [-0.1, -0.05) is 35.3 Å². The van der Waals surface area contributed by atoms with Gasteiger partial charge < -0.3 is 0 Å². The topological polar surface area (TPSA) is 34.9 Å². The van der Waals surface area contributed by atoms with Crippen LogP contribution in [0, 0.1) is 0 Å². The third-order valence-electron chi connectivity index (χ3n) is 2.34. The van der Waals surface area contributed by atoms with Gasteiger partial charge in [0.25, 0.3) is 5.91 Å². The molecule has 0 bridgehead atoms. The molecular formula is C10H4Cl2N2O. The van der Waals surface area contributed by atoms with Crippen LogP contribution in [0.2, 0.25) is 0 Å². The molecule has 1 aromatic carbocycles. The first kappa shape index (κ1) is 8.95. The molecule has 0 aliphatic carbocycles. The molecule has 1 aromatic heterocycles. The molecule has 2 aromatic rings. The summed E-state index contributed by atoms with van der Waals surface area (Å²) in [6.07, 6.45) is 0. The lowest BCUT2D eigenvalue weighted by molar-refractivity contribution is 0.0973. The smallest absolute Gasteiger partial charge is 0.267 e. The second kappa shape index (κ2) is 2.84. The first-order valence-corrected chi connectivity index (χ1v) is 5.03. The summed E-state index contributed by atoms with van der Waals surface area (Å²) >= 11 is 11.7. The number of hydrogen-bond donors (Lipinski definition) is 0. The van der Waals surface area contributed by atoms with Gasteiger partial charge in [0.2, 0.25) is 0 Å². The number of aromatic nitrogens is 2. The van der Waals surface area contributed by atoms with Crippen LogP contribution >= 0.6 is 23.2 Å². The van der Waals surface area contributed by atoms with Gasteiger partial charge in [0.1, 0.15) is 10.1 Å². The predicted molar refractivity (Wildman–Crippen MR) is 59.0 cm³/mol. The van der Waals surface area contributed by atoms with Crippen molar-refractivity contribution in [2.75, 3.05) is 0 Å². The van der Waals surface area contributed by atoms with Crippen molar-refractivity contribution in [3.63, 3.8) is 0 Å². The molecule has 74 valence electrons. The molecule has 0 N–H and O–H groups in total. The summed E-state index contributed by atoms with van der Waals surface area (Å²) < 4.78 is 1.43. The maximum Gasteiger partial charge on any atom is 0.277 e. The van der Waals surface area contributed by atoms with E-state index in [0.29, 0.717) is 5.82 Å². The van der Waals surface area contributed by atoms with Crippen LogP contribution in [0.1, 0.15) is 10.6 Å². The Kier molecular flexibility index (Phi) is 1.69. The second-order valence-corrected chi connectivity index (χ2v) is 3.95. The lowest BCUT2D eigenvalue weighted by Gasteiger charge is -1.95. The highest BCUT2D eigenvalue weighted by Gasteiger charge is 2.30. The zero-order valence-electron chi connectivity index (χ0n) is 7.37. The number of fused-ring (bicyclic) bond motifs is 3. The van der Waals surface area contributed by atoms with E-state index in [9.17, 15) is 4.79 Å². The average molecular weight is 239 g/mol. The molecule has 15 heavy (non-hydrogen) atoms. The predicted octanol–water partition coefficient (Wildman–Crippen LogP) is 2.84. The first-order valence-electron chi connectivity index (χ1n) is 4.28. The molecule has 1 aliphatic rings. The standard InChI is InChI=1S/C10H4Cl2N2O/c11-7-8(12)10(15)14-6-4-2-1-3-5(6)13-9(7)14/h1-4H. The van der Waals surface area contributed by atoms with Gasteiger partial charge in [-0.2, -0.15) is 0 Å². The van der Waals surface area contributed by atoms with Gasteiger partial charge in [-0.15, -0.1) is 0 Å². The Morgan fingerprint density at radius 1 is 1.13 bits per heavy atom. The number of imidazole rings is 1. The first-order chi connectivity index (χ1) is 7.20. The zero-order valence-corrected chi connectivity index (χ0v) is 8.88. The molecule has 0 spiro atoms. The molecule has 1 aliphatic heterocycles. The van der Waals surface area contributed by atoms with Crippen molar-refractivity contribution in [2.45, 2.75) is 0 Å². The minimum Gasteiger partial charge on any atom is -0.267 e. The highest BCUT2D eigenvalue weighted by atomic mass is 35.5. The van der Waals surface area contributed by atoms with E-state index in [1.807, 2.05) is 24.3 Å². The van der Waals surface area contributed by atoms with Crippen LogP contribution in [0.15, 0.2) is 29.3 Å². The lowest BCUT2D eigenvalue weighted by Crippen LogP contribution is -2.05. The van der Waals surface area contributed by atoms with E-state index in [-0.39, 0.29) is 16.0 Å². The Balaban J connectivity index is 2.47. The van der Waals surface area contributed by atoms with Gasteiger partial charge in [0.15, 0.2) is 5.82 Å². The largest absolute Gasteiger partial charge is 0.277 e. The second-order valence-electron chi connectivity index (χ2n) is 3.19. The van der Waals surface area contributed by atoms with E-state index in [1.54, 1.807) is 0 Å². The normalized spacial score (nSPS) is 15.2. The molecule has 0 atom stereocenters. The summed E-state index contributed by atoms with van der Waals surface area (Å²) in [5, 5.41) is 0.253. The summed E-state index contributed by atoms with van der Waals surface area (Å²) in [6, 6.07) is 7.33. The van der Waals surface area contributed by atoms with Crippen LogP contribution in [0.3, 0.4) is 0 Å². The third kappa shape index (κ3) is 1.02. The fourth-order valence-electron chi connectivity index (χ4n) is 1.67. The number of carbonyl (C=O) groups is 1. The summed E-state index contributed by atoms with van der Waals surface area (Å²) in [7, 11) is 0. The Bertz CT molecular complexity index is 627. The summed E-state index contributed by atoms with van der Waals surface area (Å²) in [5.74, 6) is 0.109. The highest BCUT2D eigenvalue weighted by molar-refractivity contribution is 6.61. The number of carbonyl (C=O) groups excluding carboxylic acids is 1. The number of benzene rings is 1. The van der Waals surface area contributed by atoms with Gasteiger partial charge in [-0.25, -0.2) is 4.98 Å². The monoisotopic (exact) mass is 238 g/mol. The molecule has 5 heteroatoms. The lowest BCUT2D eigenvalue weighted by atomic mass is 10.3. The number of halogens is 2. The van der Waals surface area contributed by atoms with Crippen LogP contribution < -0.4 is 0 Å². The van der Waals surface area contributed by atoms with Gasteiger partial charge >= 0.3 is 0 Å². The summed E-state index contributed by atoms with van der Waals surface area (Å²) in [5.41, 5.74) is 1.47. The van der Waals surface area contributed by atoms with E-state index in [1.165, 1.54) is 4.57 Å². The van der Waals surface area contributed by atoms with Crippen molar-refractivity contribution < 1.29 is 4.79 Å². The fourth-order valence-corrected chi connectivity index (χ4v) is 2.05. The third-order valence-corrected chi connectivity index (χ3v) is 3.15. The van der Waals surface area contributed by atoms with Crippen LogP contribution in [0.25, 0.3) is 16.1 Å². The van der Waals surface area contributed by atoms with Crippen molar-refractivity contribution >= 4 is 45.2 Å². The van der Waals surface area contributed by atoms with Crippen molar-refractivity contribution in [2.24, 2.45) is 0 Å². The van der Waals surface area contributed by atoms with Gasteiger partial charge in [-0.3, -0.25) is 9.36 Å². The molecule has 3 nitrogen and oxygen atoms in total. The number of rotatable bonds is 0. The van der Waals surface area contributed by atoms with Gasteiger partial charge in [0.05, 0.1) is 11.0 Å². The molecule has 2 heterocycles. The Morgan fingerprint density at radius 2 is 1.87 bits per heavy atom. The average Bonchev–Trinajstić information content (AvgIpc) is 2.72. The molecule has 0 saturated carbocycles. The number of para-hydroxylation sites is 2. The van der Waals surface area contributed by atoms with Gasteiger partial charge in [0, 0.05) is 0 Å². The van der Waals surface area contributed by atoms with Gasteiger partial charge in [-0.05, 0) is 12.1 Å². The molecular weight excluding hydrogens is 235 g/mol. The van der Waals surface area contributed by atoms with Crippen LogP contribution in [0.5, 0.6) is 0 Å². The van der Waals surface area contributed by atoms with Crippen LogP contribution in [-0.2, 0) is 0 Å². The van der Waals surface area contributed by atoms with E-state index >= 15 is 0 Å². The summed E-state index contributed by atoms with van der Waals surface area (Å²) in [6.45, 7) is 0. The minimum absolute atomic E-state index is 0.0323. The molecule has 0 fully saturated rings. The van der Waals surface area contributed by atoms with E-state index < -0.39 is 0 Å². The van der Waals surface area contributed by atoms with E-state index in [0.717, 1.165) is 11.0 Å². The molecule has 3 rings (SSSR count). The van der Waals surface area contributed by atoms with E-state index in [2.05, 4.69) is 4.98 Å². The van der Waals surface area contributed by atoms with E-state index in [4.69, 9.17) is 23.2 Å². The van der Waals surface area contributed by atoms with Crippen molar-refractivity contribution in [3.05, 3.63) is 35.1 Å². The maximum atomic E-state index is 11.7. The summed E-state index contributed by atoms with van der Waals surface area (Å²) in [4.78, 5) is 16.0. The molecule has 0 radical (unpaired) electrons. The number of hydrogen-bond acceptors (Lipinski definition) is 2. The SMILES string of the molecule is O=C1C(Cl)=C(Cl)c2nc3ccccc3n21. The molecule has 0 saturated heterocycles. The van der Waals surface area contributed by atoms with Crippen molar-refractivity contribution in [1.82, 2.24) is 9.55 Å².